The van der Waals surface area contributed by atoms with E-state index in [0.717, 1.165) is 27.9 Å². The second kappa shape index (κ2) is 6.81. The number of aromatic nitrogens is 1. The SMILES string of the molecule is Cc1ccc(-c2cn(CC(=O)Nc3cc(C)ccc3C)c(=O)o2)cc1. The molecule has 0 aliphatic carbocycles. The minimum Gasteiger partial charge on any atom is -0.408 e. The quantitative estimate of drug-likeness (QED) is 0.790. The normalized spacial score (nSPS) is 10.7. The van der Waals surface area contributed by atoms with E-state index in [0.29, 0.717) is 5.76 Å². The van der Waals surface area contributed by atoms with Crippen molar-refractivity contribution in [2.45, 2.75) is 27.3 Å². The van der Waals surface area contributed by atoms with Gasteiger partial charge in [0.25, 0.3) is 0 Å². The highest BCUT2D eigenvalue weighted by molar-refractivity contribution is 5.91. The predicted molar refractivity (Wildman–Crippen MR) is 97.7 cm³/mol. The van der Waals surface area contributed by atoms with Crippen LogP contribution in [0.1, 0.15) is 16.7 Å². The molecule has 0 unspecified atom stereocenters. The largest absolute Gasteiger partial charge is 0.419 e. The van der Waals surface area contributed by atoms with E-state index >= 15 is 0 Å². The molecule has 1 aromatic heterocycles. The third kappa shape index (κ3) is 3.88. The Kier molecular flexibility index (Phi) is 4.57. The summed E-state index contributed by atoms with van der Waals surface area (Å²) < 4.78 is 6.54. The third-order valence-electron chi connectivity index (χ3n) is 4.02. The van der Waals surface area contributed by atoms with Crippen LogP contribution in [0.25, 0.3) is 11.3 Å². The van der Waals surface area contributed by atoms with Gasteiger partial charge in [0.1, 0.15) is 6.54 Å². The van der Waals surface area contributed by atoms with Crippen molar-refractivity contribution in [3.05, 3.63) is 75.9 Å². The van der Waals surface area contributed by atoms with Gasteiger partial charge < -0.3 is 9.73 Å². The lowest BCUT2D eigenvalue weighted by Gasteiger charge is -2.09. The maximum Gasteiger partial charge on any atom is 0.419 e. The van der Waals surface area contributed by atoms with Crippen LogP contribution in [-0.2, 0) is 11.3 Å². The zero-order valence-corrected chi connectivity index (χ0v) is 14.5. The van der Waals surface area contributed by atoms with Crippen molar-refractivity contribution in [3.63, 3.8) is 0 Å². The fourth-order valence-electron chi connectivity index (χ4n) is 2.55. The van der Waals surface area contributed by atoms with Gasteiger partial charge in [-0.2, -0.15) is 0 Å². The number of hydrogen-bond acceptors (Lipinski definition) is 3. The molecule has 3 aromatic rings. The highest BCUT2D eigenvalue weighted by Gasteiger charge is 2.12. The number of oxazole rings is 1. The molecule has 0 saturated carbocycles. The smallest absolute Gasteiger partial charge is 0.408 e. The summed E-state index contributed by atoms with van der Waals surface area (Å²) in [4.78, 5) is 24.3. The van der Waals surface area contributed by atoms with E-state index in [4.69, 9.17) is 4.42 Å². The Morgan fingerprint density at radius 3 is 2.44 bits per heavy atom. The zero-order chi connectivity index (χ0) is 18.0. The monoisotopic (exact) mass is 336 g/mol. The molecular weight excluding hydrogens is 316 g/mol. The molecule has 0 aliphatic heterocycles. The van der Waals surface area contributed by atoms with Gasteiger partial charge in [0.05, 0.1) is 6.20 Å². The molecule has 1 amide bonds. The van der Waals surface area contributed by atoms with Crippen LogP contribution in [0.2, 0.25) is 0 Å². The number of carbonyl (C=O) groups is 1. The van der Waals surface area contributed by atoms with Gasteiger partial charge in [-0.3, -0.25) is 9.36 Å². The van der Waals surface area contributed by atoms with Gasteiger partial charge in [-0.1, -0.05) is 42.0 Å². The molecule has 0 aliphatic rings. The number of amides is 1. The van der Waals surface area contributed by atoms with Crippen molar-refractivity contribution in [2.75, 3.05) is 5.32 Å². The van der Waals surface area contributed by atoms with Gasteiger partial charge in [0.15, 0.2) is 5.76 Å². The summed E-state index contributed by atoms with van der Waals surface area (Å²) in [6.45, 7) is 5.78. The van der Waals surface area contributed by atoms with Crippen LogP contribution in [0.3, 0.4) is 0 Å². The summed E-state index contributed by atoms with van der Waals surface area (Å²) in [5.41, 5.74) is 4.71. The molecule has 3 rings (SSSR count). The molecule has 128 valence electrons. The highest BCUT2D eigenvalue weighted by Crippen LogP contribution is 2.19. The third-order valence-corrected chi connectivity index (χ3v) is 4.02. The summed E-state index contributed by atoms with van der Waals surface area (Å²) in [5, 5.41) is 2.84. The summed E-state index contributed by atoms with van der Waals surface area (Å²) in [6, 6.07) is 13.5. The summed E-state index contributed by atoms with van der Waals surface area (Å²) in [7, 11) is 0. The average molecular weight is 336 g/mol. The summed E-state index contributed by atoms with van der Waals surface area (Å²) in [5.74, 6) is -0.372. The molecule has 0 spiro atoms. The number of benzene rings is 2. The van der Waals surface area contributed by atoms with Crippen LogP contribution in [0, 0.1) is 20.8 Å². The van der Waals surface area contributed by atoms with E-state index in [1.165, 1.54) is 4.57 Å². The lowest BCUT2D eigenvalue weighted by molar-refractivity contribution is -0.116. The van der Waals surface area contributed by atoms with Crippen LogP contribution >= 0.6 is 0 Å². The molecule has 25 heavy (non-hydrogen) atoms. The van der Waals surface area contributed by atoms with E-state index in [-0.39, 0.29) is 12.5 Å². The number of rotatable bonds is 4. The molecule has 0 radical (unpaired) electrons. The Hall–Kier alpha value is -3.08. The Balaban J connectivity index is 1.77. The number of anilines is 1. The summed E-state index contributed by atoms with van der Waals surface area (Å²) >= 11 is 0. The molecule has 1 heterocycles. The number of carbonyl (C=O) groups excluding carboxylic acids is 1. The number of aryl methyl sites for hydroxylation is 3. The van der Waals surface area contributed by atoms with Gasteiger partial charge >= 0.3 is 5.76 Å². The van der Waals surface area contributed by atoms with E-state index in [1.807, 2.05) is 63.2 Å². The van der Waals surface area contributed by atoms with E-state index in [1.54, 1.807) is 6.20 Å². The van der Waals surface area contributed by atoms with Gasteiger partial charge in [0, 0.05) is 11.3 Å². The zero-order valence-electron chi connectivity index (χ0n) is 14.5. The van der Waals surface area contributed by atoms with Crippen LogP contribution < -0.4 is 11.1 Å². The minimum atomic E-state index is -0.549. The van der Waals surface area contributed by atoms with Crippen LogP contribution in [0.5, 0.6) is 0 Å². The van der Waals surface area contributed by atoms with Crippen molar-refractivity contribution < 1.29 is 9.21 Å². The van der Waals surface area contributed by atoms with Crippen molar-refractivity contribution in [1.82, 2.24) is 4.57 Å². The predicted octanol–water partition coefficient (Wildman–Crippen LogP) is 3.67. The highest BCUT2D eigenvalue weighted by atomic mass is 16.4. The second-order valence-electron chi connectivity index (χ2n) is 6.22. The van der Waals surface area contributed by atoms with Crippen LogP contribution in [0.4, 0.5) is 5.69 Å². The molecule has 5 heteroatoms. The first kappa shape index (κ1) is 16.8. The molecule has 5 nitrogen and oxygen atoms in total. The Labute approximate surface area is 145 Å². The maximum atomic E-state index is 12.3. The fraction of sp³-hybridized carbons (Fsp3) is 0.200. The summed E-state index contributed by atoms with van der Waals surface area (Å²) in [6.07, 6.45) is 1.57. The molecule has 0 saturated heterocycles. The molecule has 2 aromatic carbocycles. The van der Waals surface area contributed by atoms with Gasteiger partial charge in [-0.05, 0) is 38.0 Å². The first-order valence-electron chi connectivity index (χ1n) is 8.07. The second-order valence-corrected chi connectivity index (χ2v) is 6.22. The molecule has 0 fully saturated rings. The Bertz CT molecular complexity index is 965. The van der Waals surface area contributed by atoms with Crippen LogP contribution in [0.15, 0.2) is 57.9 Å². The van der Waals surface area contributed by atoms with Crippen LogP contribution in [-0.4, -0.2) is 10.5 Å². The van der Waals surface area contributed by atoms with E-state index in [9.17, 15) is 9.59 Å². The van der Waals surface area contributed by atoms with Gasteiger partial charge in [0.2, 0.25) is 5.91 Å². The van der Waals surface area contributed by atoms with Gasteiger partial charge in [-0.25, -0.2) is 4.79 Å². The first-order chi connectivity index (χ1) is 11.9. The Morgan fingerprint density at radius 1 is 1.04 bits per heavy atom. The molecule has 1 N–H and O–H groups in total. The molecule has 0 atom stereocenters. The number of nitrogens with one attached hydrogen (secondary N) is 1. The molecular formula is C20H20N2O3. The Morgan fingerprint density at radius 2 is 1.72 bits per heavy atom. The van der Waals surface area contributed by atoms with E-state index < -0.39 is 5.76 Å². The van der Waals surface area contributed by atoms with Crippen molar-refractivity contribution in [1.29, 1.82) is 0 Å². The lowest BCUT2D eigenvalue weighted by atomic mass is 10.1. The topological polar surface area (TPSA) is 64.2 Å². The minimum absolute atomic E-state index is 0.0957. The molecule has 0 bridgehead atoms. The number of nitrogens with zero attached hydrogens (tertiary/aromatic N) is 1. The first-order valence-corrected chi connectivity index (χ1v) is 8.07. The maximum absolute atomic E-state index is 12.3. The fourth-order valence-corrected chi connectivity index (χ4v) is 2.55. The van der Waals surface area contributed by atoms with Crippen molar-refractivity contribution in [2.24, 2.45) is 0 Å². The van der Waals surface area contributed by atoms with E-state index in [2.05, 4.69) is 5.32 Å². The average Bonchev–Trinajstić information content (AvgIpc) is 2.92. The lowest BCUT2D eigenvalue weighted by Crippen LogP contribution is -2.24. The number of hydrogen-bond donors (Lipinski definition) is 1. The van der Waals surface area contributed by atoms with Crippen molar-refractivity contribution >= 4 is 11.6 Å². The standard InChI is InChI=1S/C20H20N2O3/c1-13-5-8-16(9-6-13)18-11-22(20(24)25-18)12-19(23)21-17-10-14(2)4-7-15(17)3/h4-11H,12H2,1-3H3,(H,21,23). The van der Waals surface area contributed by atoms with Gasteiger partial charge in [-0.15, -0.1) is 0 Å². The van der Waals surface area contributed by atoms with Crippen molar-refractivity contribution in [3.8, 4) is 11.3 Å².